The summed E-state index contributed by atoms with van der Waals surface area (Å²) >= 11 is 3.05. The minimum absolute atomic E-state index is 0.0160. The molecule has 92 valence electrons. The van der Waals surface area contributed by atoms with Crippen LogP contribution in [0.25, 0.3) is 0 Å². The molecule has 0 atom stereocenters. The van der Waals surface area contributed by atoms with Crippen LogP contribution in [0, 0.1) is 10.1 Å². The molecule has 1 aromatic rings. The van der Waals surface area contributed by atoms with E-state index in [-0.39, 0.29) is 13.0 Å². The van der Waals surface area contributed by atoms with Gasteiger partial charge in [0.1, 0.15) is 0 Å². The first kappa shape index (κ1) is 13.3. The number of nitrogens with one attached hydrogen (secondary N) is 1. The lowest BCUT2D eigenvalue weighted by molar-refractivity contribution is -0.386. The predicted octanol–water partition coefficient (Wildman–Crippen LogP) is -0.101. The molecule has 0 aliphatic rings. The number of hydrogen-bond acceptors (Lipinski definition) is 5. The Balaban J connectivity index is 3.04. The average Bonchev–Trinajstić information content (AvgIpc) is 2.28. The number of carbonyl (C=O) groups is 1. The Morgan fingerprint density at radius 1 is 1.65 bits per heavy atom. The molecule has 1 rings (SSSR count). The van der Waals surface area contributed by atoms with Crippen molar-refractivity contribution in [2.75, 3.05) is 0 Å². The Bertz CT molecular complexity index is 513. The van der Waals surface area contributed by atoms with Gasteiger partial charge in [0.25, 0.3) is 0 Å². The van der Waals surface area contributed by atoms with E-state index in [1.807, 2.05) is 5.43 Å². The molecule has 0 saturated carbocycles. The third-order valence-electron chi connectivity index (χ3n) is 1.97. The largest absolute Gasteiger partial charge is 0.335 e. The molecule has 0 bridgehead atoms. The smallest absolute Gasteiger partial charge is 0.308 e. The maximum absolute atomic E-state index is 11.6. The molecule has 9 heteroatoms. The summed E-state index contributed by atoms with van der Waals surface area (Å²) in [4.78, 5) is 32.3. The number of carbonyl (C=O) groups excluding carboxylic acids is 1. The Kier molecular flexibility index (Phi) is 4.35. The van der Waals surface area contributed by atoms with Gasteiger partial charge in [0, 0.05) is 29.7 Å². The van der Waals surface area contributed by atoms with Crippen molar-refractivity contribution in [1.82, 2.24) is 9.99 Å². The lowest BCUT2D eigenvalue weighted by atomic mass is 10.3. The number of aryl methyl sites for hydroxylation is 1. The molecule has 1 heterocycles. The molecule has 0 aromatic carbocycles. The number of hydrogen-bond donors (Lipinski definition) is 2. The van der Waals surface area contributed by atoms with Crippen LogP contribution >= 0.6 is 15.9 Å². The summed E-state index contributed by atoms with van der Waals surface area (Å²) in [5.41, 5.74) is 0.597. The Hall–Kier alpha value is -1.74. The molecule has 0 fully saturated rings. The van der Waals surface area contributed by atoms with Crippen LogP contribution < -0.4 is 16.8 Å². The van der Waals surface area contributed by atoms with Crippen molar-refractivity contribution in [3.63, 3.8) is 0 Å². The average molecular weight is 305 g/mol. The van der Waals surface area contributed by atoms with Gasteiger partial charge in [-0.3, -0.25) is 25.1 Å². The highest BCUT2D eigenvalue weighted by molar-refractivity contribution is 9.10. The van der Waals surface area contributed by atoms with Gasteiger partial charge in [-0.15, -0.1) is 0 Å². The van der Waals surface area contributed by atoms with Crippen LogP contribution in [0.4, 0.5) is 5.69 Å². The summed E-state index contributed by atoms with van der Waals surface area (Å²) in [5, 5.41) is 10.6. The second-order valence-corrected chi connectivity index (χ2v) is 4.03. The summed E-state index contributed by atoms with van der Waals surface area (Å²) in [6.07, 6.45) is 1.34. The van der Waals surface area contributed by atoms with Crippen LogP contribution in [0.3, 0.4) is 0 Å². The summed E-state index contributed by atoms with van der Waals surface area (Å²) in [6.45, 7) is 0.0160. The molecule has 0 radical (unpaired) electrons. The molecule has 8 nitrogen and oxygen atoms in total. The Morgan fingerprint density at radius 3 is 2.82 bits per heavy atom. The zero-order valence-electron chi connectivity index (χ0n) is 8.55. The van der Waals surface area contributed by atoms with Gasteiger partial charge in [0.15, 0.2) is 0 Å². The molecule has 3 N–H and O–H groups in total. The Labute approximate surface area is 104 Å². The third-order valence-corrected chi connectivity index (χ3v) is 2.40. The van der Waals surface area contributed by atoms with Crippen LogP contribution in [0.2, 0.25) is 0 Å². The fourth-order valence-electron chi connectivity index (χ4n) is 1.18. The number of nitrogens with zero attached hydrogens (tertiary/aromatic N) is 2. The van der Waals surface area contributed by atoms with Crippen molar-refractivity contribution < 1.29 is 9.72 Å². The fourth-order valence-corrected chi connectivity index (χ4v) is 1.64. The quantitative estimate of drug-likeness (QED) is 0.348. The predicted molar refractivity (Wildman–Crippen MR) is 62.0 cm³/mol. The first-order valence-electron chi connectivity index (χ1n) is 4.49. The highest BCUT2D eigenvalue weighted by Gasteiger charge is 2.16. The lowest BCUT2D eigenvalue weighted by Gasteiger charge is -2.05. The van der Waals surface area contributed by atoms with E-state index in [1.165, 1.54) is 6.20 Å². The molecule has 0 unspecified atom stereocenters. The normalized spacial score (nSPS) is 10.0. The van der Waals surface area contributed by atoms with Crippen molar-refractivity contribution in [1.29, 1.82) is 0 Å². The number of rotatable bonds is 4. The minimum atomic E-state index is -0.771. The topological polar surface area (TPSA) is 120 Å². The maximum Gasteiger partial charge on any atom is 0.335 e. The first-order chi connectivity index (χ1) is 7.95. The zero-order chi connectivity index (χ0) is 13.0. The van der Waals surface area contributed by atoms with Crippen molar-refractivity contribution >= 4 is 27.5 Å². The van der Waals surface area contributed by atoms with Crippen LogP contribution in [0.15, 0.2) is 21.5 Å². The molecular weight excluding hydrogens is 296 g/mol. The van der Waals surface area contributed by atoms with Crippen LogP contribution in [0.5, 0.6) is 0 Å². The van der Waals surface area contributed by atoms with Crippen molar-refractivity contribution in [3.8, 4) is 0 Å². The van der Waals surface area contributed by atoms with Gasteiger partial charge in [-0.1, -0.05) is 0 Å². The number of halogens is 1. The van der Waals surface area contributed by atoms with Crippen LogP contribution in [-0.2, 0) is 11.3 Å². The van der Waals surface area contributed by atoms with E-state index >= 15 is 0 Å². The van der Waals surface area contributed by atoms with Crippen molar-refractivity contribution in [3.05, 3.63) is 37.2 Å². The summed E-state index contributed by atoms with van der Waals surface area (Å²) in [7, 11) is 0. The number of hydrazine groups is 1. The van der Waals surface area contributed by atoms with Gasteiger partial charge >= 0.3 is 11.2 Å². The molecular formula is C8H9BrN4O4. The second-order valence-electron chi connectivity index (χ2n) is 3.12. The number of pyridine rings is 1. The number of nitrogens with two attached hydrogens (primary N) is 1. The van der Waals surface area contributed by atoms with Gasteiger partial charge in [-0.2, -0.15) is 0 Å². The lowest BCUT2D eigenvalue weighted by Crippen LogP contribution is -2.32. The van der Waals surface area contributed by atoms with Crippen molar-refractivity contribution in [2.45, 2.75) is 13.0 Å². The standard InChI is InChI=1S/C8H9BrN4O4/c9-5-3-6(13(16)17)8(15)12(4-5)2-1-7(14)11-10/h3-4H,1-2,10H2,(H,11,14). The minimum Gasteiger partial charge on any atom is -0.308 e. The highest BCUT2D eigenvalue weighted by Crippen LogP contribution is 2.13. The third kappa shape index (κ3) is 3.36. The summed E-state index contributed by atoms with van der Waals surface area (Å²) < 4.78 is 1.47. The van der Waals surface area contributed by atoms with Gasteiger partial charge in [-0.05, 0) is 15.9 Å². The van der Waals surface area contributed by atoms with Gasteiger partial charge in [0.2, 0.25) is 5.91 Å². The summed E-state index contributed by atoms with van der Waals surface area (Å²) in [5.74, 6) is 4.42. The SMILES string of the molecule is NNC(=O)CCn1cc(Br)cc([N+](=O)[O-])c1=O. The molecule has 1 aromatic heterocycles. The maximum atomic E-state index is 11.6. The highest BCUT2D eigenvalue weighted by atomic mass is 79.9. The zero-order valence-corrected chi connectivity index (χ0v) is 10.1. The van der Waals surface area contributed by atoms with Crippen LogP contribution in [-0.4, -0.2) is 15.4 Å². The second kappa shape index (κ2) is 5.55. The number of nitro groups is 1. The van der Waals surface area contributed by atoms with E-state index in [2.05, 4.69) is 15.9 Å². The first-order valence-corrected chi connectivity index (χ1v) is 5.29. The summed E-state index contributed by atoms with van der Waals surface area (Å²) in [6, 6.07) is 1.11. The van der Waals surface area contributed by atoms with Gasteiger partial charge in [0.05, 0.1) is 4.92 Å². The molecule has 0 spiro atoms. The number of aromatic nitrogens is 1. The fraction of sp³-hybridized carbons (Fsp3) is 0.250. The number of amides is 1. The van der Waals surface area contributed by atoms with E-state index in [4.69, 9.17) is 5.84 Å². The van der Waals surface area contributed by atoms with Crippen LogP contribution in [0.1, 0.15) is 6.42 Å². The molecule has 0 aliphatic carbocycles. The van der Waals surface area contributed by atoms with Crippen molar-refractivity contribution in [2.24, 2.45) is 5.84 Å². The van der Waals surface area contributed by atoms with Gasteiger partial charge in [-0.25, -0.2) is 5.84 Å². The van der Waals surface area contributed by atoms with E-state index in [0.717, 1.165) is 10.6 Å². The molecule has 0 saturated heterocycles. The monoisotopic (exact) mass is 304 g/mol. The molecule has 1 amide bonds. The van der Waals surface area contributed by atoms with Gasteiger partial charge < -0.3 is 4.57 Å². The van der Waals surface area contributed by atoms with E-state index in [1.54, 1.807) is 0 Å². The van der Waals surface area contributed by atoms with E-state index in [0.29, 0.717) is 4.47 Å². The van der Waals surface area contributed by atoms with E-state index < -0.39 is 22.1 Å². The molecule has 0 aliphatic heterocycles. The van der Waals surface area contributed by atoms with E-state index in [9.17, 15) is 19.7 Å². The molecule has 17 heavy (non-hydrogen) atoms. The Morgan fingerprint density at radius 2 is 2.29 bits per heavy atom.